The Hall–Kier alpha value is -2.58. The fourth-order valence-corrected chi connectivity index (χ4v) is 5.42. The van der Waals surface area contributed by atoms with E-state index in [0.29, 0.717) is 19.2 Å². The topological polar surface area (TPSA) is 78.6 Å². The van der Waals surface area contributed by atoms with Gasteiger partial charge in [0.25, 0.3) is 0 Å². The van der Waals surface area contributed by atoms with Crippen molar-refractivity contribution in [1.82, 2.24) is 4.98 Å². The van der Waals surface area contributed by atoms with Gasteiger partial charge in [-0.15, -0.1) is 11.3 Å². The van der Waals surface area contributed by atoms with E-state index in [0.717, 1.165) is 52.2 Å². The number of nitrogens with zero attached hydrogens (tertiary/aromatic N) is 2. The predicted molar refractivity (Wildman–Crippen MR) is 139 cm³/mol. The van der Waals surface area contributed by atoms with Crippen molar-refractivity contribution in [3.63, 3.8) is 0 Å². The fourth-order valence-electron chi connectivity index (χ4n) is 4.59. The third kappa shape index (κ3) is 7.26. The Labute approximate surface area is 243 Å². The number of carbonyl (C=O) groups is 1. The van der Waals surface area contributed by atoms with Gasteiger partial charge in [0.05, 0.1) is 30.6 Å². The molecule has 186 valence electrons. The van der Waals surface area contributed by atoms with Gasteiger partial charge in [-0.1, -0.05) is 25.1 Å². The molecule has 0 amide bonds. The number of ether oxygens (including phenoxy) is 1. The summed E-state index contributed by atoms with van der Waals surface area (Å²) in [6, 6.07) is 18.8. The number of carbonyl (C=O) groups excluding carboxylic acids is 1. The monoisotopic (exact) mass is 524 g/mol. The summed E-state index contributed by atoms with van der Waals surface area (Å²) in [5.41, 5.74) is 2.94. The van der Waals surface area contributed by atoms with Crippen molar-refractivity contribution in [2.24, 2.45) is 5.92 Å². The zero-order valence-electron chi connectivity index (χ0n) is 21.3. The Kier molecular flexibility index (Phi) is 9.49. The van der Waals surface area contributed by atoms with Gasteiger partial charge in [0.15, 0.2) is 5.13 Å². The van der Waals surface area contributed by atoms with Crippen molar-refractivity contribution in [3.05, 3.63) is 89.2 Å². The molecule has 4 aromatic rings. The molecule has 1 aliphatic carbocycles. The van der Waals surface area contributed by atoms with Gasteiger partial charge in [0.1, 0.15) is 11.5 Å². The van der Waals surface area contributed by atoms with Crippen LogP contribution in [0.5, 0.6) is 5.75 Å². The average Bonchev–Trinajstić information content (AvgIpc) is 3.58. The Morgan fingerprint density at radius 2 is 1.86 bits per heavy atom. The van der Waals surface area contributed by atoms with E-state index in [9.17, 15) is 9.90 Å². The van der Waals surface area contributed by atoms with Crippen LogP contribution in [0.2, 0.25) is 0 Å². The van der Waals surface area contributed by atoms with E-state index in [1.165, 1.54) is 12.8 Å². The van der Waals surface area contributed by atoms with Gasteiger partial charge in [-0.2, -0.15) is 0 Å². The fraction of sp³-hybridized carbons (Fsp3) is 0.310. The van der Waals surface area contributed by atoms with E-state index < -0.39 is 5.97 Å². The number of hydrogen-bond donors (Lipinski definition) is 0. The standard InChI is InChI=1S/C29H30N2O4S.Na/c1-20-7-11-24(12-8-20)35-25-13-9-22(10-14-25)27-19-36-29(30-27)31(18-26-6-3-15-34-26)17-21-4-2-5-23(16-21)28(32)33;/h2-6,9-10,13-16,19-20,24H,7-8,11-12,17-18H2,1H3,(H,32,33);/q;+1/p-1. The van der Waals surface area contributed by atoms with Crippen molar-refractivity contribution in [1.29, 1.82) is 0 Å². The molecule has 2 aromatic heterocycles. The Morgan fingerprint density at radius 1 is 1.08 bits per heavy atom. The van der Waals surface area contributed by atoms with E-state index in [2.05, 4.69) is 24.0 Å². The van der Waals surface area contributed by atoms with Crippen LogP contribution in [0.4, 0.5) is 5.13 Å². The zero-order chi connectivity index (χ0) is 24.9. The van der Waals surface area contributed by atoms with Crippen LogP contribution < -0.4 is 44.3 Å². The molecule has 37 heavy (non-hydrogen) atoms. The molecule has 1 aliphatic rings. The summed E-state index contributed by atoms with van der Waals surface area (Å²) < 4.78 is 11.8. The quantitative estimate of drug-likeness (QED) is 0.314. The molecule has 0 unspecified atom stereocenters. The maximum absolute atomic E-state index is 11.3. The Bertz CT molecular complexity index is 1280. The number of rotatable bonds is 9. The van der Waals surface area contributed by atoms with Crippen LogP contribution in [-0.4, -0.2) is 17.1 Å². The molecule has 0 spiro atoms. The normalized spacial score (nSPS) is 17.1. The van der Waals surface area contributed by atoms with Gasteiger partial charge >= 0.3 is 29.6 Å². The predicted octanol–water partition coefficient (Wildman–Crippen LogP) is 2.93. The number of anilines is 1. The largest absolute Gasteiger partial charge is 1.00 e. The first kappa shape index (κ1) is 27.5. The first-order chi connectivity index (χ1) is 17.5. The molecule has 1 saturated carbocycles. The molecule has 6 nitrogen and oxygen atoms in total. The third-order valence-corrected chi connectivity index (χ3v) is 7.54. The van der Waals surface area contributed by atoms with Gasteiger partial charge < -0.3 is 24.0 Å². The van der Waals surface area contributed by atoms with Crippen LogP contribution in [0.25, 0.3) is 11.3 Å². The van der Waals surface area contributed by atoms with Gasteiger partial charge in [-0.25, -0.2) is 4.98 Å². The number of carboxylic acid groups (broad SMARTS) is 1. The van der Waals surface area contributed by atoms with E-state index in [-0.39, 0.29) is 35.1 Å². The number of furan rings is 1. The maximum Gasteiger partial charge on any atom is 1.00 e. The average molecular weight is 525 g/mol. The Balaban J connectivity index is 0.00000320. The summed E-state index contributed by atoms with van der Waals surface area (Å²) in [7, 11) is 0. The number of carboxylic acids is 1. The summed E-state index contributed by atoms with van der Waals surface area (Å²) in [6.45, 7) is 3.32. The van der Waals surface area contributed by atoms with E-state index in [1.54, 1.807) is 35.8 Å². The molecule has 0 bridgehead atoms. The molecule has 2 aromatic carbocycles. The molecule has 5 rings (SSSR count). The first-order valence-electron chi connectivity index (χ1n) is 12.3. The minimum atomic E-state index is -1.18. The van der Waals surface area contributed by atoms with Gasteiger partial charge in [-0.05, 0) is 85.2 Å². The molecule has 8 heteroatoms. The molecular weight excluding hydrogens is 495 g/mol. The minimum Gasteiger partial charge on any atom is -0.545 e. The van der Waals surface area contributed by atoms with Crippen LogP contribution in [-0.2, 0) is 13.1 Å². The molecule has 2 heterocycles. The number of benzene rings is 2. The first-order valence-corrected chi connectivity index (χ1v) is 13.2. The summed E-state index contributed by atoms with van der Waals surface area (Å²) in [5, 5.41) is 14.2. The summed E-state index contributed by atoms with van der Waals surface area (Å²) in [5.74, 6) is 1.33. The third-order valence-electron chi connectivity index (χ3n) is 6.64. The van der Waals surface area contributed by atoms with Crippen molar-refractivity contribution in [2.75, 3.05) is 4.90 Å². The van der Waals surface area contributed by atoms with Crippen LogP contribution in [0, 0.1) is 5.92 Å². The smallest absolute Gasteiger partial charge is 0.545 e. The number of thiazole rings is 1. The number of aromatic carboxylic acids is 1. The van der Waals surface area contributed by atoms with Gasteiger partial charge in [0, 0.05) is 17.5 Å². The van der Waals surface area contributed by atoms with Crippen LogP contribution in [0.15, 0.2) is 76.7 Å². The molecule has 0 radical (unpaired) electrons. The van der Waals surface area contributed by atoms with Crippen molar-refractivity contribution in [3.8, 4) is 17.0 Å². The van der Waals surface area contributed by atoms with Crippen molar-refractivity contribution < 1.29 is 48.6 Å². The maximum atomic E-state index is 11.3. The van der Waals surface area contributed by atoms with E-state index in [1.807, 2.05) is 35.7 Å². The number of aromatic nitrogens is 1. The molecule has 0 aliphatic heterocycles. The van der Waals surface area contributed by atoms with E-state index >= 15 is 0 Å². The second-order valence-corrected chi connectivity index (χ2v) is 10.3. The van der Waals surface area contributed by atoms with Crippen LogP contribution in [0.1, 0.15) is 54.3 Å². The van der Waals surface area contributed by atoms with E-state index in [4.69, 9.17) is 14.1 Å². The molecule has 0 saturated heterocycles. The van der Waals surface area contributed by atoms with Gasteiger partial charge in [-0.3, -0.25) is 0 Å². The summed E-state index contributed by atoms with van der Waals surface area (Å²) in [4.78, 5) is 18.3. The number of hydrogen-bond acceptors (Lipinski definition) is 7. The SMILES string of the molecule is CC1CCC(Oc2ccc(-c3csc(N(Cc4cccc(C(=O)[O-])c4)Cc4ccco4)n3)cc2)CC1.[Na+]. The molecule has 1 fully saturated rings. The van der Waals surface area contributed by atoms with Crippen molar-refractivity contribution in [2.45, 2.75) is 51.8 Å². The Morgan fingerprint density at radius 3 is 2.57 bits per heavy atom. The minimum absolute atomic E-state index is 0. The molecule has 0 atom stereocenters. The summed E-state index contributed by atoms with van der Waals surface area (Å²) in [6.07, 6.45) is 6.66. The van der Waals surface area contributed by atoms with Crippen LogP contribution >= 0.6 is 11.3 Å². The zero-order valence-corrected chi connectivity index (χ0v) is 24.1. The second-order valence-electron chi connectivity index (χ2n) is 9.46. The second kappa shape index (κ2) is 12.8. The van der Waals surface area contributed by atoms with Gasteiger partial charge in [0.2, 0.25) is 0 Å². The van der Waals surface area contributed by atoms with Crippen molar-refractivity contribution >= 4 is 22.4 Å². The van der Waals surface area contributed by atoms with Crippen LogP contribution in [0.3, 0.4) is 0 Å². The molecule has 0 N–H and O–H groups in total. The summed E-state index contributed by atoms with van der Waals surface area (Å²) >= 11 is 1.55. The molecular formula is C29H29N2NaO4S.